The van der Waals surface area contributed by atoms with Crippen molar-refractivity contribution in [1.82, 2.24) is 4.98 Å². The van der Waals surface area contributed by atoms with Gasteiger partial charge >= 0.3 is 12.6 Å². The maximum atomic E-state index is 12.3. The van der Waals surface area contributed by atoms with Gasteiger partial charge in [0.1, 0.15) is 5.75 Å². The molecule has 0 N–H and O–H groups in total. The fourth-order valence-corrected chi connectivity index (χ4v) is 3.51. The van der Waals surface area contributed by atoms with Crippen LogP contribution in [-0.4, -0.2) is 17.6 Å². The first kappa shape index (κ1) is 20.6. The molecule has 0 amide bonds. The Morgan fingerprint density at radius 3 is 2.50 bits per heavy atom. The van der Waals surface area contributed by atoms with Crippen molar-refractivity contribution in [2.45, 2.75) is 77.7 Å². The van der Waals surface area contributed by atoms with Gasteiger partial charge in [-0.25, -0.2) is 4.98 Å². The largest absolute Gasteiger partial charge is 0.425 e. The van der Waals surface area contributed by atoms with Crippen LogP contribution in [0.3, 0.4) is 0 Å². The molecule has 0 atom stereocenters. The predicted molar refractivity (Wildman–Crippen MR) is 95.3 cm³/mol. The number of carbonyl (C=O) groups excluding carboxylic acids is 1. The second-order valence-corrected chi connectivity index (χ2v) is 7.05. The summed E-state index contributed by atoms with van der Waals surface area (Å²) >= 11 is 0. The van der Waals surface area contributed by atoms with Gasteiger partial charge in [0.05, 0.1) is 12.1 Å². The first-order chi connectivity index (χ1) is 12.6. The molecule has 0 saturated heterocycles. The number of ether oxygens (including phenoxy) is 2. The van der Waals surface area contributed by atoms with Gasteiger partial charge in [0.25, 0.3) is 0 Å². The molecule has 146 valence electrons. The van der Waals surface area contributed by atoms with E-state index in [4.69, 9.17) is 4.74 Å². The maximum absolute atomic E-state index is 12.3. The molecule has 4 nitrogen and oxygen atoms in total. The number of pyridine rings is 1. The van der Waals surface area contributed by atoms with Gasteiger partial charge in [-0.1, -0.05) is 45.4 Å². The lowest BCUT2D eigenvalue weighted by molar-refractivity contribution is -0.140. The molecule has 2 rings (SSSR count). The Bertz CT molecular complexity index is 528. The monoisotopic (exact) mass is 369 g/mol. The highest BCUT2D eigenvalue weighted by atomic mass is 19.3. The summed E-state index contributed by atoms with van der Waals surface area (Å²) in [5.74, 6) is 0.459. The second-order valence-electron chi connectivity index (χ2n) is 7.05. The summed E-state index contributed by atoms with van der Waals surface area (Å²) < 4.78 is 33.7. The highest BCUT2D eigenvalue weighted by molar-refractivity contribution is 5.75. The van der Waals surface area contributed by atoms with Gasteiger partial charge in [0.2, 0.25) is 5.88 Å². The number of nitrogens with zero attached hydrogens (tertiary/aromatic N) is 1. The second kappa shape index (κ2) is 11.1. The molecule has 1 aromatic rings. The fourth-order valence-electron chi connectivity index (χ4n) is 3.51. The van der Waals surface area contributed by atoms with Crippen molar-refractivity contribution in [2.24, 2.45) is 11.8 Å². The molecule has 0 bridgehead atoms. The normalized spacial score (nSPS) is 20.2. The summed E-state index contributed by atoms with van der Waals surface area (Å²) in [4.78, 5) is 16.0. The van der Waals surface area contributed by atoms with Crippen molar-refractivity contribution in [2.75, 3.05) is 0 Å². The van der Waals surface area contributed by atoms with E-state index in [-0.39, 0.29) is 23.5 Å². The molecule has 1 aliphatic carbocycles. The Kier molecular flexibility index (Phi) is 8.78. The number of esters is 1. The van der Waals surface area contributed by atoms with Gasteiger partial charge in [-0.05, 0) is 37.7 Å². The molecule has 1 aromatic heterocycles. The summed E-state index contributed by atoms with van der Waals surface area (Å²) in [6.45, 7) is -0.695. The molecule has 1 heterocycles. The molecule has 1 aliphatic rings. The van der Waals surface area contributed by atoms with E-state index in [0.29, 0.717) is 0 Å². The molecular formula is C20H29F2NO3. The lowest BCUT2D eigenvalue weighted by Crippen LogP contribution is -2.25. The number of unbranched alkanes of at least 4 members (excludes halogenated alkanes) is 4. The van der Waals surface area contributed by atoms with Crippen LogP contribution in [0, 0.1) is 11.8 Å². The topological polar surface area (TPSA) is 48.4 Å². The third kappa shape index (κ3) is 7.26. The number of rotatable bonds is 10. The highest BCUT2D eigenvalue weighted by Gasteiger charge is 2.27. The summed E-state index contributed by atoms with van der Waals surface area (Å²) in [5, 5.41) is 0. The van der Waals surface area contributed by atoms with Gasteiger partial charge in [-0.3, -0.25) is 4.79 Å². The molecule has 0 spiro atoms. The van der Waals surface area contributed by atoms with Gasteiger partial charge in [-0.15, -0.1) is 0 Å². The van der Waals surface area contributed by atoms with E-state index in [2.05, 4.69) is 16.6 Å². The summed E-state index contributed by atoms with van der Waals surface area (Å²) in [6.07, 6.45) is 12.9. The van der Waals surface area contributed by atoms with E-state index < -0.39 is 6.61 Å². The minimum Gasteiger partial charge on any atom is -0.425 e. The van der Waals surface area contributed by atoms with Crippen LogP contribution in [0.2, 0.25) is 0 Å². The number of carbonyl (C=O) groups is 1. The van der Waals surface area contributed by atoms with Crippen LogP contribution in [0.1, 0.15) is 71.1 Å². The zero-order valence-electron chi connectivity index (χ0n) is 15.5. The lowest BCUT2D eigenvalue weighted by Gasteiger charge is -2.27. The number of alkyl halides is 2. The Balaban J connectivity index is 1.68. The minimum absolute atomic E-state index is 0.0802. The smallest absolute Gasteiger partial charge is 0.388 e. The molecule has 26 heavy (non-hydrogen) atoms. The van der Waals surface area contributed by atoms with Crippen molar-refractivity contribution < 1.29 is 23.0 Å². The Labute approximate surface area is 154 Å². The van der Waals surface area contributed by atoms with Crippen molar-refractivity contribution in [3.8, 4) is 11.6 Å². The van der Waals surface area contributed by atoms with Gasteiger partial charge < -0.3 is 9.47 Å². The van der Waals surface area contributed by atoms with Gasteiger partial charge in [-0.2, -0.15) is 8.78 Å². The van der Waals surface area contributed by atoms with Gasteiger partial charge in [0, 0.05) is 6.07 Å². The van der Waals surface area contributed by atoms with Gasteiger partial charge in [0.15, 0.2) is 0 Å². The van der Waals surface area contributed by atoms with E-state index in [1.54, 1.807) is 0 Å². The summed E-state index contributed by atoms with van der Waals surface area (Å²) in [7, 11) is 0. The van der Waals surface area contributed by atoms with E-state index in [1.807, 2.05) is 0 Å². The third-order valence-corrected chi connectivity index (χ3v) is 5.03. The number of halogens is 2. The predicted octanol–water partition coefficient (Wildman–Crippen LogP) is 5.76. The first-order valence-corrected chi connectivity index (χ1v) is 9.71. The Morgan fingerprint density at radius 2 is 1.88 bits per heavy atom. The van der Waals surface area contributed by atoms with Crippen LogP contribution >= 0.6 is 0 Å². The molecular weight excluding hydrogens is 340 g/mol. The quantitative estimate of drug-likeness (QED) is 0.389. The van der Waals surface area contributed by atoms with Crippen LogP contribution in [0.15, 0.2) is 18.3 Å². The van der Waals surface area contributed by atoms with Crippen LogP contribution in [0.5, 0.6) is 11.6 Å². The van der Waals surface area contributed by atoms with E-state index in [1.165, 1.54) is 56.9 Å². The number of aromatic nitrogens is 1. The van der Waals surface area contributed by atoms with Crippen LogP contribution in [0.25, 0.3) is 0 Å². The zero-order valence-corrected chi connectivity index (χ0v) is 15.5. The van der Waals surface area contributed by atoms with Crippen molar-refractivity contribution in [3.63, 3.8) is 0 Å². The summed E-state index contributed by atoms with van der Waals surface area (Å²) in [5.41, 5.74) is 0. The lowest BCUT2D eigenvalue weighted by atomic mass is 9.80. The van der Waals surface area contributed by atoms with Crippen molar-refractivity contribution in [1.29, 1.82) is 0 Å². The third-order valence-electron chi connectivity index (χ3n) is 5.03. The van der Waals surface area contributed by atoms with Crippen LogP contribution in [-0.2, 0) is 4.79 Å². The van der Waals surface area contributed by atoms with E-state index >= 15 is 0 Å². The molecule has 0 radical (unpaired) electrons. The maximum Gasteiger partial charge on any atom is 0.388 e. The van der Waals surface area contributed by atoms with Crippen molar-refractivity contribution >= 4 is 5.97 Å². The average molecular weight is 369 g/mol. The molecule has 0 aromatic carbocycles. The Hall–Kier alpha value is -1.72. The highest BCUT2D eigenvalue weighted by Crippen LogP contribution is 2.33. The van der Waals surface area contributed by atoms with E-state index in [0.717, 1.165) is 31.6 Å². The first-order valence-electron chi connectivity index (χ1n) is 9.71. The number of hydrogen-bond acceptors (Lipinski definition) is 4. The Morgan fingerprint density at radius 1 is 1.15 bits per heavy atom. The zero-order chi connectivity index (χ0) is 18.8. The van der Waals surface area contributed by atoms with Crippen LogP contribution < -0.4 is 9.47 Å². The molecule has 0 aliphatic heterocycles. The average Bonchev–Trinajstić information content (AvgIpc) is 2.63. The fraction of sp³-hybridized carbons (Fsp3) is 0.700. The standard InChI is InChI=1S/C20H29F2NO3/c1-2-3-4-5-6-7-15-8-10-16(11-9-15)19(24)25-17-12-13-18(23-14-17)26-20(21)22/h12-16,20H,2-11H2,1H3. The van der Waals surface area contributed by atoms with Crippen molar-refractivity contribution in [3.05, 3.63) is 18.3 Å². The van der Waals surface area contributed by atoms with E-state index in [9.17, 15) is 13.6 Å². The number of hydrogen-bond donors (Lipinski definition) is 0. The summed E-state index contributed by atoms with van der Waals surface area (Å²) in [6, 6.07) is 2.69. The molecule has 0 unspecified atom stereocenters. The SMILES string of the molecule is CCCCCCCC1CCC(C(=O)Oc2ccc(OC(F)F)nc2)CC1. The minimum atomic E-state index is -2.92. The van der Waals surface area contributed by atoms with Crippen LogP contribution in [0.4, 0.5) is 8.78 Å². The molecule has 1 fully saturated rings. The molecule has 6 heteroatoms. The molecule has 1 saturated carbocycles.